The molecule has 1 amide bonds. The Morgan fingerprint density at radius 3 is 2.72 bits per heavy atom. The Hall–Kier alpha value is -2.63. The van der Waals surface area contributed by atoms with Crippen LogP contribution < -0.4 is 15.1 Å². The van der Waals surface area contributed by atoms with Crippen LogP contribution in [0.15, 0.2) is 36.5 Å². The third-order valence-corrected chi connectivity index (χ3v) is 4.64. The summed E-state index contributed by atoms with van der Waals surface area (Å²) < 4.78 is 0. The van der Waals surface area contributed by atoms with Crippen LogP contribution in [0.4, 0.5) is 11.6 Å². The number of benzene rings is 1. The number of carbonyl (C=O) groups is 1. The molecular formula is C19H25N5O. The van der Waals surface area contributed by atoms with Crippen molar-refractivity contribution in [2.24, 2.45) is 5.92 Å². The lowest BCUT2D eigenvalue weighted by molar-refractivity contribution is -0.121. The summed E-state index contributed by atoms with van der Waals surface area (Å²) in [5, 5.41) is 2.70. The van der Waals surface area contributed by atoms with Crippen molar-refractivity contribution in [2.75, 3.05) is 44.0 Å². The van der Waals surface area contributed by atoms with Crippen molar-refractivity contribution < 1.29 is 4.79 Å². The molecule has 2 heterocycles. The van der Waals surface area contributed by atoms with Crippen molar-refractivity contribution in [3.63, 3.8) is 0 Å². The van der Waals surface area contributed by atoms with Gasteiger partial charge in [0, 0.05) is 58.1 Å². The van der Waals surface area contributed by atoms with Gasteiger partial charge >= 0.3 is 0 Å². The summed E-state index contributed by atoms with van der Waals surface area (Å²) >= 11 is 0. The van der Waals surface area contributed by atoms with Gasteiger partial charge in [-0.2, -0.15) is 0 Å². The van der Waals surface area contributed by atoms with Crippen LogP contribution in [0.1, 0.15) is 12.8 Å². The van der Waals surface area contributed by atoms with E-state index in [9.17, 15) is 4.79 Å². The molecule has 3 rings (SSSR count). The Labute approximate surface area is 148 Å². The topological polar surface area (TPSA) is 61.4 Å². The van der Waals surface area contributed by atoms with Crippen LogP contribution in [0.25, 0.3) is 11.3 Å². The van der Waals surface area contributed by atoms with Crippen molar-refractivity contribution >= 4 is 17.5 Å². The van der Waals surface area contributed by atoms with Crippen LogP contribution in [0, 0.1) is 5.92 Å². The van der Waals surface area contributed by atoms with E-state index in [4.69, 9.17) is 4.98 Å². The molecule has 0 bridgehead atoms. The minimum absolute atomic E-state index is 0.0995. The molecule has 0 aliphatic carbocycles. The lowest BCUT2D eigenvalue weighted by atomic mass is 10.1. The number of carbonyl (C=O) groups excluding carboxylic acids is 1. The Bertz CT molecular complexity index is 729. The van der Waals surface area contributed by atoms with E-state index in [0.717, 1.165) is 42.4 Å². The molecule has 2 aromatic rings. The van der Waals surface area contributed by atoms with E-state index in [1.54, 1.807) is 7.05 Å². The Morgan fingerprint density at radius 2 is 2.04 bits per heavy atom. The van der Waals surface area contributed by atoms with E-state index in [1.165, 1.54) is 0 Å². The van der Waals surface area contributed by atoms with Crippen LogP contribution in [0.5, 0.6) is 0 Å². The first-order valence-corrected chi connectivity index (χ1v) is 8.63. The molecule has 6 nitrogen and oxygen atoms in total. The second-order valence-electron chi connectivity index (χ2n) is 6.66. The third kappa shape index (κ3) is 4.07. The summed E-state index contributed by atoms with van der Waals surface area (Å²) in [6.07, 6.45) is 3.38. The number of anilines is 2. The van der Waals surface area contributed by atoms with Crippen molar-refractivity contribution in [3.8, 4) is 11.3 Å². The summed E-state index contributed by atoms with van der Waals surface area (Å²) in [4.78, 5) is 25.0. The van der Waals surface area contributed by atoms with Gasteiger partial charge in [0.1, 0.15) is 0 Å². The van der Waals surface area contributed by atoms with Gasteiger partial charge in [0.25, 0.3) is 0 Å². The number of nitrogens with one attached hydrogen (secondary N) is 1. The first-order chi connectivity index (χ1) is 12.1. The van der Waals surface area contributed by atoms with Crippen molar-refractivity contribution in [1.82, 2.24) is 15.3 Å². The average molecular weight is 339 g/mol. The smallest absolute Gasteiger partial charge is 0.225 e. The molecule has 25 heavy (non-hydrogen) atoms. The van der Waals surface area contributed by atoms with Crippen molar-refractivity contribution in [2.45, 2.75) is 12.8 Å². The standard InChI is InChI=1S/C19H25N5O/c1-20-18(25)12-14-9-11-24(13-14)19-21-10-8-17(22-19)15-4-6-16(7-5-15)23(2)3/h4-8,10,14H,9,11-13H2,1-3H3,(H,20,25). The molecular weight excluding hydrogens is 314 g/mol. The highest BCUT2D eigenvalue weighted by Gasteiger charge is 2.26. The molecule has 0 radical (unpaired) electrons. The summed E-state index contributed by atoms with van der Waals surface area (Å²) in [6, 6.07) is 10.3. The normalized spacial score (nSPS) is 16.8. The summed E-state index contributed by atoms with van der Waals surface area (Å²) in [5.74, 6) is 1.21. The van der Waals surface area contributed by atoms with Gasteiger partial charge in [-0.1, -0.05) is 12.1 Å². The van der Waals surface area contributed by atoms with Crippen LogP contribution >= 0.6 is 0 Å². The molecule has 1 aliphatic heterocycles. The van der Waals surface area contributed by atoms with Gasteiger partial charge in [0.05, 0.1) is 5.69 Å². The maximum absolute atomic E-state index is 11.6. The van der Waals surface area contributed by atoms with Crippen LogP contribution in [-0.2, 0) is 4.79 Å². The fourth-order valence-electron chi connectivity index (χ4n) is 3.14. The van der Waals surface area contributed by atoms with E-state index in [-0.39, 0.29) is 5.91 Å². The molecule has 1 aromatic carbocycles. The number of amides is 1. The molecule has 1 aromatic heterocycles. The van der Waals surface area contributed by atoms with Gasteiger partial charge in [0.2, 0.25) is 11.9 Å². The minimum Gasteiger partial charge on any atom is -0.378 e. The van der Waals surface area contributed by atoms with E-state index in [1.807, 2.05) is 26.4 Å². The molecule has 0 saturated carbocycles. The van der Waals surface area contributed by atoms with Crippen LogP contribution in [0.2, 0.25) is 0 Å². The fraction of sp³-hybridized carbons (Fsp3) is 0.421. The van der Waals surface area contributed by atoms with Gasteiger partial charge < -0.3 is 15.1 Å². The first kappa shape index (κ1) is 17.2. The molecule has 1 atom stereocenters. The fourth-order valence-corrected chi connectivity index (χ4v) is 3.14. The van der Waals surface area contributed by atoms with Crippen LogP contribution in [-0.4, -0.2) is 50.1 Å². The van der Waals surface area contributed by atoms with Gasteiger partial charge in [-0.3, -0.25) is 4.79 Å². The Kier molecular flexibility index (Phi) is 5.16. The zero-order valence-corrected chi connectivity index (χ0v) is 15.1. The summed E-state index contributed by atoms with van der Waals surface area (Å²) in [5.41, 5.74) is 3.16. The second kappa shape index (κ2) is 7.51. The van der Waals surface area contributed by atoms with E-state index in [0.29, 0.717) is 12.3 Å². The van der Waals surface area contributed by atoms with Crippen LogP contribution in [0.3, 0.4) is 0 Å². The lowest BCUT2D eigenvalue weighted by Gasteiger charge is -2.17. The first-order valence-electron chi connectivity index (χ1n) is 8.63. The molecule has 1 saturated heterocycles. The number of hydrogen-bond donors (Lipinski definition) is 1. The van der Waals surface area contributed by atoms with E-state index < -0.39 is 0 Å². The molecule has 1 N–H and O–H groups in total. The average Bonchev–Trinajstić information content (AvgIpc) is 3.10. The third-order valence-electron chi connectivity index (χ3n) is 4.64. The summed E-state index contributed by atoms with van der Waals surface area (Å²) in [7, 11) is 5.74. The highest BCUT2D eigenvalue weighted by molar-refractivity contribution is 5.76. The highest BCUT2D eigenvalue weighted by Crippen LogP contribution is 2.26. The zero-order valence-electron chi connectivity index (χ0n) is 15.1. The van der Waals surface area contributed by atoms with E-state index in [2.05, 4.69) is 44.4 Å². The number of hydrogen-bond acceptors (Lipinski definition) is 5. The predicted octanol–water partition coefficient (Wildman–Crippen LogP) is 2.17. The number of rotatable bonds is 5. The van der Waals surface area contributed by atoms with E-state index >= 15 is 0 Å². The van der Waals surface area contributed by atoms with Gasteiger partial charge in [-0.05, 0) is 30.5 Å². The predicted molar refractivity (Wildman–Crippen MR) is 101 cm³/mol. The van der Waals surface area contributed by atoms with Crippen molar-refractivity contribution in [1.29, 1.82) is 0 Å². The molecule has 6 heteroatoms. The summed E-state index contributed by atoms with van der Waals surface area (Å²) in [6.45, 7) is 1.72. The zero-order chi connectivity index (χ0) is 17.8. The number of aromatic nitrogens is 2. The largest absolute Gasteiger partial charge is 0.378 e. The maximum Gasteiger partial charge on any atom is 0.225 e. The Balaban J connectivity index is 1.72. The second-order valence-corrected chi connectivity index (χ2v) is 6.66. The quantitative estimate of drug-likeness (QED) is 0.905. The van der Waals surface area contributed by atoms with Gasteiger partial charge in [-0.25, -0.2) is 9.97 Å². The van der Waals surface area contributed by atoms with Gasteiger partial charge in [-0.15, -0.1) is 0 Å². The molecule has 0 spiro atoms. The highest BCUT2D eigenvalue weighted by atomic mass is 16.1. The molecule has 1 fully saturated rings. The lowest BCUT2D eigenvalue weighted by Crippen LogP contribution is -2.25. The molecule has 1 aliphatic rings. The molecule has 132 valence electrons. The van der Waals surface area contributed by atoms with Gasteiger partial charge in [0.15, 0.2) is 0 Å². The molecule has 1 unspecified atom stereocenters. The SMILES string of the molecule is CNC(=O)CC1CCN(c2nccc(-c3ccc(N(C)C)cc3)n2)C1. The monoisotopic (exact) mass is 339 g/mol. The maximum atomic E-state index is 11.6. The van der Waals surface area contributed by atoms with Crippen molar-refractivity contribution in [3.05, 3.63) is 36.5 Å². The number of nitrogens with zero attached hydrogens (tertiary/aromatic N) is 4. The minimum atomic E-state index is 0.0995. The Morgan fingerprint density at radius 1 is 1.28 bits per heavy atom.